The Balaban J connectivity index is 2.11. The third-order valence-corrected chi connectivity index (χ3v) is 2.30. The molecule has 5 nitrogen and oxygen atoms in total. The topological polar surface area (TPSA) is 66.5 Å². The van der Waals surface area contributed by atoms with E-state index in [1.165, 1.54) is 0 Å². The van der Waals surface area contributed by atoms with Crippen molar-refractivity contribution in [3.8, 4) is 6.07 Å². The first-order valence-electron chi connectivity index (χ1n) is 4.87. The number of hydrogen-bond acceptors (Lipinski definition) is 4. The molecule has 0 bridgehead atoms. The third-order valence-electron chi connectivity index (χ3n) is 2.30. The Morgan fingerprint density at radius 1 is 1.44 bits per heavy atom. The Hall–Kier alpha value is -2.35. The van der Waals surface area contributed by atoms with Crippen LogP contribution in [0.2, 0.25) is 0 Å². The van der Waals surface area contributed by atoms with Crippen LogP contribution in [-0.2, 0) is 13.6 Å². The van der Waals surface area contributed by atoms with Crippen LogP contribution in [0.5, 0.6) is 0 Å². The van der Waals surface area contributed by atoms with Crippen LogP contribution < -0.4 is 5.32 Å². The van der Waals surface area contributed by atoms with E-state index in [0.717, 1.165) is 11.4 Å². The number of nitriles is 1. The van der Waals surface area contributed by atoms with Gasteiger partial charge in [-0.3, -0.25) is 4.68 Å². The maximum absolute atomic E-state index is 8.86. The third kappa shape index (κ3) is 2.01. The van der Waals surface area contributed by atoms with Gasteiger partial charge in [-0.05, 0) is 18.2 Å². The molecule has 0 aliphatic heterocycles. The van der Waals surface area contributed by atoms with Crippen LogP contribution in [0.3, 0.4) is 0 Å². The van der Waals surface area contributed by atoms with Crippen LogP contribution in [0, 0.1) is 11.3 Å². The summed E-state index contributed by atoms with van der Waals surface area (Å²) in [4.78, 5) is 3.97. The van der Waals surface area contributed by atoms with Gasteiger partial charge < -0.3 is 5.32 Å². The van der Waals surface area contributed by atoms with Crippen LogP contribution in [0.1, 0.15) is 11.4 Å². The molecular weight excluding hydrogens is 202 g/mol. The Kier molecular flexibility index (Phi) is 2.83. The largest absolute Gasteiger partial charge is 0.377 e. The first-order valence-corrected chi connectivity index (χ1v) is 4.87. The number of aryl methyl sites for hydroxylation is 1. The average Bonchev–Trinajstić information content (AvgIpc) is 2.72. The van der Waals surface area contributed by atoms with Gasteiger partial charge in [-0.15, -0.1) is 0 Å². The van der Waals surface area contributed by atoms with Gasteiger partial charge in [0.15, 0.2) is 5.69 Å². The second-order valence-electron chi connectivity index (χ2n) is 3.31. The summed E-state index contributed by atoms with van der Waals surface area (Å²) in [5, 5.41) is 16.1. The predicted octanol–water partition coefficient (Wildman–Crippen LogP) is 1.30. The second-order valence-corrected chi connectivity index (χ2v) is 3.31. The number of pyridine rings is 1. The highest BCUT2D eigenvalue weighted by Crippen LogP contribution is 2.11. The van der Waals surface area contributed by atoms with E-state index in [0.29, 0.717) is 12.2 Å². The van der Waals surface area contributed by atoms with Gasteiger partial charge in [-0.1, -0.05) is 0 Å². The van der Waals surface area contributed by atoms with E-state index >= 15 is 0 Å². The predicted molar refractivity (Wildman–Crippen MR) is 59.5 cm³/mol. The highest BCUT2D eigenvalue weighted by molar-refractivity contribution is 5.53. The van der Waals surface area contributed by atoms with Gasteiger partial charge in [0.05, 0.1) is 17.9 Å². The van der Waals surface area contributed by atoms with Crippen molar-refractivity contribution in [3.05, 3.63) is 42.0 Å². The highest BCUT2D eigenvalue weighted by Gasteiger charge is 2.03. The quantitative estimate of drug-likeness (QED) is 0.834. The molecule has 1 N–H and O–H groups in total. The van der Waals surface area contributed by atoms with Crippen molar-refractivity contribution in [2.24, 2.45) is 7.05 Å². The highest BCUT2D eigenvalue weighted by atomic mass is 15.3. The second kappa shape index (κ2) is 4.45. The Labute approximate surface area is 93.4 Å². The molecule has 0 atom stereocenters. The summed E-state index contributed by atoms with van der Waals surface area (Å²) in [6.07, 6.45) is 3.35. The Bertz CT molecular complexity index is 523. The molecule has 0 saturated heterocycles. The lowest BCUT2D eigenvalue weighted by molar-refractivity contribution is 0.720. The molecule has 0 fully saturated rings. The summed E-state index contributed by atoms with van der Waals surface area (Å²) < 4.78 is 1.79. The van der Waals surface area contributed by atoms with Crippen molar-refractivity contribution in [1.29, 1.82) is 5.26 Å². The summed E-state index contributed by atoms with van der Waals surface area (Å²) in [5.74, 6) is 0. The van der Waals surface area contributed by atoms with Crippen molar-refractivity contribution in [2.75, 3.05) is 5.32 Å². The van der Waals surface area contributed by atoms with Crippen LogP contribution >= 0.6 is 0 Å². The minimum Gasteiger partial charge on any atom is -0.377 e. The minimum absolute atomic E-state index is 0.407. The monoisotopic (exact) mass is 213 g/mol. The zero-order chi connectivity index (χ0) is 11.4. The molecular formula is C11H11N5. The molecule has 2 aromatic heterocycles. The van der Waals surface area contributed by atoms with Gasteiger partial charge in [0, 0.05) is 19.4 Å². The first kappa shape index (κ1) is 10.2. The van der Waals surface area contributed by atoms with Crippen molar-refractivity contribution in [3.63, 3.8) is 0 Å². The summed E-state index contributed by atoms with van der Waals surface area (Å²) in [6.45, 7) is 0.622. The van der Waals surface area contributed by atoms with E-state index in [4.69, 9.17) is 5.26 Å². The van der Waals surface area contributed by atoms with Crippen molar-refractivity contribution < 1.29 is 0 Å². The van der Waals surface area contributed by atoms with Crippen molar-refractivity contribution >= 4 is 5.69 Å². The summed E-state index contributed by atoms with van der Waals surface area (Å²) >= 11 is 0. The summed E-state index contributed by atoms with van der Waals surface area (Å²) in [5.41, 5.74) is 2.20. The molecule has 0 aromatic carbocycles. The van der Waals surface area contributed by atoms with E-state index in [1.54, 1.807) is 23.1 Å². The molecule has 0 amide bonds. The smallest absolute Gasteiger partial charge is 0.163 e. The first-order chi connectivity index (χ1) is 7.81. The summed E-state index contributed by atoms with van der Waals surface area (Å²) in [7, 11) is 1.88. The van der Waals surface area contributed by atoms with E-state index in [9.17, 15) is 0 Å². The average molecular weight is 213 g/mol. The number of aromatic nitrogens is 3. The van der Waals surface area contributed by atoms with Gasteiger partial charge in [0.25, 0.3) is 0 Å². The molecule has 5 heteroatoms. The van der Waals surface area contributed by atoms with Crippen LogP contribution in [0.25, 0.3) is 0 Å². The zero-order valence-corrected chi connectivity index (χ0v) is 8.88. The molecule has 0 aliphatic rings. The molecule has 0 aliphatic carbocycles. The molecule has 0 unspecified atom stereocenters. The molecule has 2 aromatic rings. The molecule has 2 rings (SSSR count). The molecule has 2 heterocycles. The molecule has 0 radical (unpaired) electrons. The van der Waals surface area contributed by atoms with Gasteiger partial charge in [0.2, 0.25) is 0 Å². The Morgan fingerprint density at radius 2 is 2.31 bits per heavy atom. The Morgan fingerprint density at radius 3 is 3.00 bits per heavy atom. The van der Waals surface area contributed by atoms with E-state index in [-0.39, 0.29) is 0 Å². The van der Waals surface area contributed by atoms with Crippen LogP contribution in [-0.4, -0.2) is 14.8 Å². The van der Waals surface area contributed by atoms with E-state index in [2.05, 4.69) is 15.4 Å². The zero-order valence-electron chi connectivity index (χ0n) is 8.88. The van der Waals surface area contributed by atoms with E-state index < -0.39 is 0 Å². The maximum Gasteiger partial charge on any atom is 0.163 e. The van der Waals surface area contributed by atoms with Gasteiger partial charge in [-0.2, -0.15) is 10.4 Å². The molecule has 80 valence electrons. The number of nitrogens with one attached hydrogen (secondary N) is 1. The molecule has 0 saturated carbocycles. The number of rotatable bonds is 3. The van der Waals surface area contributed by atoms with Crippen molar-refractivity contribution in [2.45, 2.75) is 6.54 Å². The van der Waals surface area contributed by atoms with Crippen molar-refractivity contribution in [1.82, 2.24) is 14.8 Å². The van der Waals surface area contributed by atoms with Crippen LogP contribution in [0.15, 0.2) is 30.6 Å². The van der Waals surface area contributed by atoms with Gasteiger partial charge >= 0.3 is 0 Å². The number of hydrogen-bond donors (Lipinski definition) is 1. The van der Waals surface area contributed by atoms with Gasteiger partial charge in [0.1, 0.15) is 6.07 Å². The fourth-order valence-electron chi connectivity index (χ4n) is 1.40. The molecule has 16 heavy (non-hydrogen) atoms. The van der Waals surface area contributed by atoms with E-state index in [1.807, 2.05) is 25.2 Å². The van der Waals surface area contributed by atoms with Gasteiger partial charge in [-0.25, -0.2) is 4.98 Å². The lowest BCUT2D eigenvalue weighted by atomic mass is 10.3. The number of anilines is 1. The SMILES string of the molecule is Cn1nccc1CNc1cccnc1C#N. The fourth-order valence-corrected chi connectivity index (χ4v) is 1.40. The minimum atomic E-state index is 0.407. The lowest BCUT2D eigenvalue weighted by Crippen LogP contribution is -2.06. The lowest BCUT2D eigenvalue weighted by Gasteiger charge is -2.07. The standard InChI is InChI=1S/C11H11N5/c1-16-9(4-6-15-16)8-14-10-3-2-5-13-11(10)7-12/h2-6,14H,8H2,1H3. The fraction of sp³-hybridized carbons (Fsp3) is 0.182. The summed E-state index contributed by atoms with van der Waals surface area (Å²) in [6, 6.07) is 7.60. The van der Waals surface area contributed by atoms with Crippen LogP contribution in [0.4, 0.5) is 5.69 Å². The molecule has 0 spiro atoms. The maximum atomic E-state index is 8.86. The normalized spacial score (nSPS) is 9.75. The number of nitrogens with zero attached hydrogens (tertiary/aromatic N) is 4.